The van der Waals surface area contributed by atoms with Crippen LogP contribution in [0, 0.1) is 6.92 Å². The molecule has 6 heteroatoms. The van der Waals surface area contributed by atoms with Crippen molar-refractivity contribution in [2.45, 2.75) is 31.2 Å². The maximum absolute atomic E-state index is 12.3. The number of thioether (sulfide) groups is 1. The second-order valence-corrected chi connectivity index (χ2v) is 6.77. The van der Waals surface area contributed by atoms with E-state index in [1.54, 1.807) is 11.8 Å². The van der Waals surface area contributed by atoms with Crippen molar-refractivity contribution in [3.05, 3.63) is 47.4 Å². The summed E-state index contributed by atoms with van der Waals surface area (Å²) < 4.78 is 0. The summed E-state index contributed by atoms with van der Waals surface area (Å²) in [5, 5.41) is 2.91. The fourth-order valence-corrected chi connectivity index (χ4v) is 3.21. The van der Waals surface area contributed by atoms with Crippen LogP contribution in [0.15, 0.2) is 35.2 Å². The Morgan fingerprint density at radius 1 is 1.21 bits per heavy atom. The van der Waals surface area contributed by atoms with Gasteiger partial charge in [-0.2, -0.15) is 0 Å². The second-order valence-electron chi connectivity index (χ2n) is 5.89. The van der Waals surface area contributed by atoms with Gasteiger partial charge in [0.05, 0.1) is 6.54 Å². The van der Waals surface area contributed by atoms with Gasteiger partial charge in [0.15, 0.2) is 0 Å². The molecule has 1 aliphatic rings. The molecule has 0 atom stereocenters. The molecule has 0 saturated carbocycles. The smallest absolute Gasteiger partial charge is 0.251 e. The zero-order chi connectivity index (χ0) is 16.9. The summed E-state index contributed by atoms with van der Waals surface area (Å²) in [7, 11) is 0. The number of benzene rings is 1. The number of hydrogen-bond acceptors (Lipinski definition) is 5. The first-order valence-electron chi connectivity index (χ1n) is 8.17. The largest absolute Gasteiger partial charge is 0.357 e. The quantitative estimate of drug-likeness (QED) is 0.847. The van der Waals surface area contributed by atoms with Crippen LogP contribution in [-0.2, 0) is 6.54 Å². The first kappa shape index (κ1) is 16.8. The number of anilines is 1. The number of carbonyl (C=O) groups is 1. The number of nitrogens with one attached hydrogen (secondary N) is 1. The highest BCUT2D eigenvalue weighted by Gasteiger charge is 2.15. The molecule has 1 fully saturated rings. The van der Waals surface area contributed by atoms with Crippen LogP contribution in [0.5, 0.6) is 0 Å². The number of hydrogen-bond donors (Lipinski definition) is 1. The molecule has 0 aliphatic carbocycles. The molecule has 2 aromatic rings. The normalized spacial score (nSPS) is 14.0. The summed E-state index contributed by atoms with van der Waals surface area (Å²) in [4.78, 5) is 24.7. The molecule has 0 radical (unpaired) electrons. The van der Waals surface area contributed by atoms with E-state index in [2.05, 4.69) is 20.2 Å². The molecule has 1 aliphatic heterocycles. The SMILES string of the molecule is CSc1ccc(C(=O)NCc2nc(C)cc(N3CCCC3)n2)cc1. The third-order valence-electron chi connectivity index (χ3n) is 4.08. The van der Waals surface area contributed by atoms with Gasteiger partial charge >= 0.3 is 0 Å². The molecule has 1 N–H and O–H groups in total. The molecule has 1 aromatic carbocycles. The number of rotatable bonds is 5. The van der Waals surface area contributed by atoms with Gasteiger partial charge in [-0.3, -0.25) is 4.79 Å². The molecule has 1 amide bonds. The van der Waals surface area contributed by atoms with Gasteiger partial charge in [-0.25, -0.2) is 9.97 Å². The number of carbonyl (C=O) groups excluding carboxylic acids is 1. The molecule has 1 saturated heterocycles. The van der Waals surface area contributed by atoms with Crippen LogP contribution < -0.4 is 10.2 Å². The highest BCUT2D eigenvalue weighted by molar-refractivity contribution is 7.98. The fraction of sp³-hybridized carbons (Fsp3) is 0.389. The highest BCUT2D eigenvalue weighted by atomic mass is 32.2. The highest BCUT2D eigenvalue weighted by Crippen LogP contribution is 2.18. The van der Waals surface area contributed by atoms with E-state index in [4.69, 9.17) is 0 Å². The lowest BCUT2D eigenvalue weighted by Crippen LogP contribution is -2.25. The van der Waals surface area contributed by atoms with Crippen molar-refractivity contribution in [1.82, 2.24) is 15.3 Å². The number of aromatic nitrogens is 2. The standard InChI is InChI=1S/C18H22N4OS/c1-13-11-17(22-9-3-4-10-22)21-16(20-13)12-19-18(23)14-5-7-15(24-2)8-6-14/h5-8,11H,3-4,9-10,12H2,1-2H3,(H,19,23). The van der Waals surface area contributed by atoms with Gasteiger partial charge in [0.1, 0.15) is 11.6 Å². The van der Waals surface area contributed by atoms with Crippen LogP contribution in [0.2, 0.25) is 0 Å². The van der Waals surface area contributed by atoms with E-state index in [0.29, 0.717) is 17.9 Å². The Labute approximate surface area is 146 Å². The summed E-state index contributed by atoms with van der Waals surface area (Å²) in [5.74, 6) is 1.52. The van der Waals surface area contributed by atoms with E-state index in [0.717, 1.165) is 29.5 Å². The maximum atomic E-state index is 12.3. The minimum Gasteiger partial charge on any atom is -0.357 e. The summed E-state index contributed by atoms with van der Waals surface area (Å²) in [6.07, 6.45) is 4.43. The lowest BCUT2D eigenvalue weighted by Gasteiger charge is -2.17. The molecule has 5 nitrogen and oxygen atoms in total. The third kappa shape index (κ3) is 4.06. The predicted octanol–water partition coefficient (Wildman–Crippen LogP) is 3.04. The van der Waals surface area contributed by atoms with E-state index in [1.807, 2.05) is 43.5 Å². The van der Waals surface area contributed by atoms with Gasteiger partial charge in [-0.15, -0.1) is 11.8 Å². The third-order valence-corrected chi connectivity index (χ3v) is 4.82. The van der Waals surface area contributed by atoms with Gasteiger partial charge in [-0.1, -0.05) is 0 Å². The average molecular weight is 342 g/mol. The van der Waals surface area contributed by atoms with E-state index in [9.17, 15) is 4.79 Å². The number of aryl methyl sites for hydroxylation is 1. The zero-order valence-electron chi connectivity index (χ0n) is 14.1. The van der Waals surface area contributed by atoms with Crippen LogP contribution in [0.1, 0.15) is 34.7 Å². The van der Waals surface area contributed by atoms with Crippen molar-refractivity contribution in [2.75, 3.05) is 24.2 Å². The minimum atomic E-state index is -0.101. The minimum absolute atomic E-state index is 0.101. The van der Waals surface area contributed by atoms with Crippen molar-refractivity contribution in [2.24, 2.45) is 0 Å². The Kier molecular flexibility index (Phi) is 5.35. The lowest BCUT2D eigenvalue weighted by atomic mass is 10.2. The molecule has 1 aromatic heterocycles. The van der Waals surface area contributed by atoms with Crippen LogP contribution in [0.25, 0.3) is 0 Å². The molecule has 3 rings (SSSR count). The Morgan fingerprint density at radius 2 is 1.92 bits per heavy atom. The van der Waals surface area contributed by atoms with Crippen molar-refractivity contribution >= 4 is 23.5 Å². The zero-order valence-corrected chi connectivity index (χ0v) is 14.9. The molecule has 24 heavy (non-hydrogen) atoms. The molecule has 0 spiro atoms. The van der Waals surface area contributed by atoms with Gasteiger partial charge in [0.2, 0.25) is 0 Å². The summed E-state index contributed by atoms with van der Waals surface area (Å²) in [5.41, 5.74) is 1.58. The van der Waals surface area contributed by atoms with Gasteiger partial charge in [0.25, 0.3) is 5.91 Å². The Hall–Kier alpha value is -2.08. The maximum Gasteiger partial charge on any atom is 0.251 e. The molecule has 0 unspecified atom stereocenters. The van der Waals surface area contributed by atoms with E-state index >= 15 is 0 Å². The average Bonchev–Trinajstić information content (AvgIpc) is 3.14. The molecule has 0 bridgehead atoms. The molecule has 2 heterocycles. The van der Waals surface area contributed by atoms with Crippen LogP contribution in [0.4, 0.5) is 5.82 Å². The number of nitrogens with zero attached hydrogens (tertiary/aromatic N) is 3. The first-order valence-corrected chi connectivity index (χ1v) is 9.40. The van der Waals surface area contributed by atoms with Crippen molar-refractivity contribution in [3.63, 3.8) is 0 Å². The van der Waals surface area contributed by atoms with Crippen LogP contribution in [0.3, 0.4) is 0 Å². The van der Waals surface area contributed by atoms with Gasteiger partial charge < -0.3 is 10.2 Å². The lowest BCUT2D eigenvalue weighted by molar-refractivity contribution is 0.0950. The first-order chi connectivity index (χ1) is 11.7. The van der Waals surface area contributed by atoms with Crippen LogP contribution >= 0.6 is 11.8 Å². The van der Waals surface area contributed by atoms with Crippen molar-refractivity contribution in [3.8, 4) is 0 Å². The van der Waals surface area contributed by atoms with E-state index < -0.39 is 0 Å². The molecule has 126 valence electrons. The summed E-state index contributed by atoms with van der Waals surface area (Å²) in [6, 6.07) is 9.60. The predicted molar refractivity (Wildman–Crippen MR) is 97.6 cm³/mol. The second kappa shape index (κ2) is 7.66. The Balaban J connectivity index is 1.65. The molecular weight excluding hydrogens is 320 g/mol. The van der Waals surface area contributed by atoms with Crippen LogP contribution in [-0.4, -0.2) is 35.2 Å². The van der Waals surface area contributed by atoms with Gasteiger partial charge in [0, 0.05) is 35.3 Å². The topological polar surface area (TPSA) is 58.1 Å². The molecular formula is C18H22N4OS. The Morgan fingerprint density at radius 3 is 2.58 bits per heavy atom. The monoisotopic (exact) mass is 342 g/mol. The number of amides is 1. The van der Waals surface area contributed by atoms with Gasteiger partial charge in [-0.05, 0) is 50.3 Å². The van der Waals surface area contributed by atoms with Crippen molar-refractivity contribution in [1.29, 1.82) is 0 Å². The van der Waals surface area contributed by atoms with Crippen molar-refractivity contribution < 1.29 is 4.79 Å². The Bertz CT molecular complexity index is 711. The van der Waals surface area contributed by atoms with E-state index in [1.165, 1.54) is 12.8 Å². The van der Waals surface area contributed by atoms with E-state index in [-0.39, 0.29) is 5.91 Å². The summed E-state index contributed by atoms with van der Waals surface area (Å²) in [6.45, 7) is 4.40. The summed E-state index contributed by atoms with van der Waals surface area (Å²) >= 11 is 1.66. The fourth-order valence-electron chi connectivity index (χ4n) is 2.80.